The summed E-state index contributed by atoms with van der Waals surface area (Å²) in [4.78, 5) is 24.4. The minimum absolute atomic E-state index is 0.143. The molecule has 0 spiro atoms. The Balaban J connectivity index is 1.56. The van der Waals surface area contributed by atoms with Gasteiger partial charge >= 0.3 is 6.03 Å². The molecule has 6 heteroatoms. The van der Waals surface area contributed by atoms with E-state index in [-0.39, 0.29) is 18.4 Å². The number of rotatable bonds is 6. The highest BCUT2D eigenvalue weighted by molar-refractivity contribution is 6.00. The molecule has 0 aliphatic heterocycles. The number of carbonyl (C=O) groups is 2. The number of ether oxygens (including phenoxy) is 1. The lowest BCUT2D eigenvalue weighted by Gasteiger charge is -2.10. The van der Waals surface area contributed by atoms with Gasteiger partial charge in [0.05, 0.1) is 13.5 Å². The first-order valence-corrected chi connectivity index (χ1v) is 8.78. The Morgan fingerprint density at radius 1 is 0.750 bits per heavy atom. The third-order valence-corrected chi connectivity index (χ3v) is 3.96. The number of hydrogen-bond acceptors (Lipinski definition) is 3. The number of benzene rings is 3. The molecule has 0 fully saturated rings. The monoisotopic (exact) mass is 375 g/mol. The molecule has 0 aliphatic rings. The van der Waals surface area contributed by atoms with E-state index in [1.165, 1.54) is 0 Å². The zero-order chi connectivity index (χ0) is 19.8. The van der Waals surface area contributed by atoms with E-state index in [0.29, 0.717) is 17.1 Å². The van der Waals surface area contributed by atoms with Crippen molar-refractivity contribution >= 4 is 29.0 Å². The molecular formula is C22H21N3O3. The summed E-state index contributed by atoms with van der Waals surface area (Å²) in [6.45, 7) is 0. The maximum atomic E-state index is 12.3. The van der Waals surface area contributed by atoms with Crippen LogP contribution in [0.4, 0.5) is 21.9 Å². The van der Waals surface area contributed by atoms with E-state index >= 15 is 0 Å². The van der Waals surface area contributed by atoms with Crippen molar-refractivity contribution in [3.8, 4) is 5.75 Å². The van der Waals surface area contributed by atoms with E-state index in [9.17, 15) is 9.59 Å². The van der Waals surface area contributed by atoms with Crippen LogP contribution >= 0.6 is 0 Å². The summed E-state index contributed by atoms with van der Waals surface area (Å²) < 4.78 is 5.11. The van der Waals surface area contributed by atoms with Crippen LogP contribution in [0.2, 0.25) is 0 Å². The SMILES string of the molecule is COc1ccc(CC(=O)Nc2cccc(NC(=O)Nc3ccccc3)c2)cc1. The van der Waals surface area contributed by atoms with Crippen LogP contribution in [0.25, 0.3) is 0 Å². The van der Waals surface area contributed by atoms with Crippen LogP contribution < -0.4 is 20.7 Å². The lowest BCUT2D eigenvalue weighted by molar-refractivity contribution is -0.115. The summed E-state index contributed by atoms with van der Waals surface area (Å²) >= 11 is 0. The molecule has 3 N–H and O–H groups in total. The maximum Gasteiger partial charge on any atom is 0.323 e. The fraction of sp³-hybridized carbons (Fsp3) is 0.0909. The van der Waals surface area contributed by atoms with Gasteiger partial charge in [-0.1, -0.05) is 36.4 Å². The number of carbonyl (C=O) groups excluding carboxylic acids is 2. The van der Waals surface area contributed by atoms with E-state index in [1.807, 2.05) is 42.5 Å². The molecule has 3 rings (SSSR count). The molecule has 3 amide bonds. The van der Waals surface area contributed by atoms with Crippen LogP contribution in [0.5, 0.6) is 5.75 Å². The molecule has 0 radical (unpaired) electrons. The van der Waals surface area contributed by atoms with E-state index in [4.69, 9.17) is 4.74 Å². The lowest BCUT2D eigenvalue weighted by atomic mass is 10.1. The van der Waals surface area contributed by atoms with Crippen molar-refractivity contribution in [2.45, 2.75) is 6.42 Å². The average Bonchev–Trinajstić information content (AvgIpc) is 2.69. The molecule has 3 aromatic rings. The van der Waals surface area contributed by atoms with Crippen molar-refractivity contribution in [1.82, 2.24) is 0 Å². The van der Waals surface area contributed by atoms with Gasteiger partial charge in [-0.25, -0.2) is 4.79 Å². The highest BCUT2D eigenvalue weighted by Gasteiger charge is 2.07. The molecular weight excluding hydrogens is 354 g/mol. The number of amides is 3. The van der Waals surface area contributed by atoms with Gasteiger partial charge in [-0.2, -0.15) is 0 Å². The Labute approximate surface area is 163 Å². The van der Waals surface area contributed by atoms with Gasteiger partial charge in [0.15, 0.2) is 0 Å². The largest absolute Gasteiger partial charge is 0.497 e. The van der Waals surface area contributed by atoms with E-state index in [0.717, 1.165) is 11.3 Å². The first-order chi connectivity index (χ1) is 13.6. The molecule has 0 aliphatic carbocycles. The normalized spacial score (nSPS) is 10.0. The number of anilines is 3. The van der Waals surface area contributed by atoms with Gasteiger partial charge in [0.2, 0.25) is 5.91 Å². The molecule has 0 unspecified atom stereocenters. The summed E-state index contributed by atoms with van der Waals surface area (Å²) in [7, 11) is 1.60. The summed E-state index contributed by atoms with van der Waals surface area (Å²) in [6, 6.07) is 23.1. The van der Waals surface area contributed by atoms with Crippen molar-refractivity contribution in [2.24, 2.45) is 0 Å². The fourth-order valence-electron chi connectivity index (χ4n) is 2.62. The molecule has 6 nitrogen and oxygen atoms in total. The Kier molecular flexibility index (Phi) is 6.25. The Morgan fingerprint density at radius 2 is 1.36 bits per heavy atom. The maximum absolute atomic E-state index is 12.3. The second-order valence-electron chi connectivity index (χ2n) is 6.10. The quantitative estimate of drug-likeness (QED) is 0.593. The van der Waals surface area contributed by atoms with Gasteiger partial charge < -0.3 is 20.7 Å². The van der Waals surface area contributed by atoms with E-state index in [2.05, 4.69) is 16.0 Å². The molecule has 0 saturated heterocycles. The number of methoxy groups -OCH3 is 1. The molecule has 0 bridgehead atoms. The van der Waals surface area contributed by atoms with Gasteiger partial charge in [-0.15, -0.1) is 0 Å². The van der Waals surface area contributed by atoms with Crippen molar-refractivity contribution in [3.05, 3.63) is 84.4 Å². The highest BCUT2D eigenvalue weighted by Crippen LogP contribution is 2.17. The van der Waals surface area contributed by atoms with Gasteiger partial charge in [-0.05, 0) is 48.0 Å². The third-order valence-electron chi connectivity index (χ3n) is 3.96. The topological polar surface area (TPSA) is 79.5 Å². The van der Waals surface area contributed by atoms with Gasteiger partial charge in [0.1, 0.15) is 5.75 Å². The molecule has 0 saturated carbocycles. The minimum Gasteiger partial charge on any atom is -0.497 e. The van der Waals surface area contributed by atoms with Crippen molar-refractivity contribution < 1.29 is 14.3 Å². The van der Waals surface area contributed by atoms with Crippen molar-refractivity contribution in [3.63, 3.8) is 0 Å². The second-order valence-corrected chi connectivity index (χ2v) is 6.10. The molecule has 3 aromatic carbocycles. The summed E-state index contributed by atoms with van der Waals surface area (Å²) in [5.41, 5.74) is 2.77. The van der Waals surface area contributed by atoms with Gasteiger partial charge in [-0.3, -0.25) is 4.79 Å². The molecule has 142 valence electrons. The highest BCUT2D eigenvalue weighted by atomic mass is 16.5. The van der Waals surface area contributed by atoms with Crippen LogP contribution in [-0.4, -0.2) is 19.0 Å². The predicted octanol–water partition coefficient (Wildman–Crippen LogP) is 4.52. The zero-order valence-corrected chi connectivity index (χ0v) is 15.4. The lowest BCUT2D eigenvalue weighted by Crippen LogP contribution is -2.19. The number of para-hydroxylation sites is 1. The molecule has 0 heterocycles. The van der Waals surface area contributed by atoms with Crippen LogP contribution in [0.15, 0.2) is 78.9 Å². The van der Waals surface area contributed by atoms with Gasteiger partial charge in [0.25, 0.3) is 0 Å². The van der Waals surface area contributed by atoms with E-state index in [1.54, 1.807) is 43.5 Å². The van der Waals surface area contributed by atoms with Crippen LogP contribution in [0, 0.1) is 0 Å². The van der Waals surface area contributed by atoms with Crippen LogP contribution in [-0.2, 0) is 11.2 Å². The van der Waals surface area contributed by atoms with Crippen molar-refractivity contribution in [2.75, 3.05) is 23.1 Å². The summed E-state index contributed by atoms with van der Waals surface area (Å²) in [5, 5.41) is 8.34. The molecule has 0 atom stereocenters. The summed E-state index contributed by atoms with van der Waals surface area (Å²) in [6.07, 6.45) is 0.246. The number of nitrogens with one attached hydrogen (secondary N) is 3. The van der Waals surface area contributed by atoms with E-state index < -0.39 is 0 Å². The zero-order valence-electron chi connectivity index (χ0n) is 15.4. The molecule has 28 heavy (non-hydrogen) atoms. The van der Waals surface area contributed by atoms with Gasteiger partial charge in [0, 0.05) is 17.1 Å². The minimum atomic E-state index is -0.354. The first kappa shape index (κ1) is 19.0. The fourth-order valence-corrected chi connectivity index (χ4v) is 2.62. The number of hydrogen-bond donors (Lipinski definition) is 3. The second kappa shape index (κ2) is 9.23. The standard InChI is InChI=1S/C22H21N3O3/c1-28-20-12-10-16(11-13-20)14-21(26)23-18-8-5-9-19(15-18)25-22(27)24-17-6-3-2-4-7-17/h2-13,15H,14H2,1H3,(H,23,26)(H2,24,25,27). The van der Waals surface area contributed by atoms with Crippen LogP contribution in [0.3, 0.4) is 0 Å². The Bertz CT molecular complexity index is 941. The average molecular weight is 375 g/mol. The predicted molar refractivity (Wildman–Crippen MR) is 111 cm³/mol. The van der Waals surface area contributed by atoms with Crippen LogP contribution in [0.1, 0.15) is 5.56 Å². The number of urea groups is 1. The van der Waals surface area contributed by atoms with Crippen molar-refractivity contribution in [1.29, 1.82) is 0 Å². The third kappa shape index (κ3) is 5.60. The first-order valence-electron chi connectivity index (χ1n) is 8.78. The summed E-state index contributed by atoms with van der Waals surface area (Å²) in [5.74, 6) is 0.604. The molecule has 0 aromatic heterocycles. The Morgan fingerprint density at radius 3 is 2.04 bits per heavy atom. The Hall–Kier alpha value is -3.80. The smallest absolute Gasteiger partial charge is 0.323 e.